The van der Waals surface area contributed by atoms with E-state index in [1.165, 1.54) is 48.1 Å². The average molecular weight is 311 g/mol. The second kappa shape index (κ2) is 6.58. The van der Waals surface area contributed by atoms with Crippen molar-refractivity contribution in [3.8, 4) is 0 Å². The zero-order valence-corrected chi connectivity index (χ0v) is 13.0. The number of rotatable bonds is 4. The van der Waals surface area contributed by atoms with Gasteiger partial charge < -0.3 is 10.2 Å². The Morgan fingerprint density at radius 1 is 1.33 bits per heavy atom. The first-order chi connectivity index (χ1) is 8.70. The Labute approximate surface area is 119 Å². The molecule has 100 valence electrons. The van der Waals surface area contributed by atoms with Gasteiger partial charge in [0.15, 0.2) is 0 Å². The number of nitrogens with one attached hydrogen (secondary N) is 1. The first-order valence-electron chi connectivity index (χ1n) is 6.95. The van der Waals surface area contributed by atoms with Gasteiger partial charge in [-0.1, -0.05) is 28.9 Å². The van der Waals surface area contributed by atoms with Crippen LogP contribution >= 0.6 is 15.9 Å². The second-order valence-corrected chi connectivity index (χ2v) is 6.06. The van der Waals surface area contributed by atoms with Crippen LogP contribution in [0, 0.1) is 6.92 Å². The van der Waals surface area contributed by atoms with Gasteiger partial charge in [0, 0.05) is 29.3 Å². The maximum atomic E-state index is 3.63. The third kappa shape index (κ3) is 3.48. The van der Waals surface area contributed by atoms with Crippen LogP contribution in [0.3, 0.4) is 0 Å². The molecule has 0 bridgehead atoms. The van der Waals surface area contributed by atoms with E-state index in [0.29, 0.717) is 6.04 Å². The Kier molecular flexibility index (Phi) is 5.07. The zero-order chi connectivity index (χ0) is 13.0. The molecule has 1 aromatic rings. The van der Waals surface area contributed by atoms with Crippen molar-refractivity contribution in [2.24, 2.45) is 0 Å². The number of aryl methyl sites for hydroxylation is 1. The molecule has 1 heterocycles. The van der Waals surface area contributed by atoms with Crippen LogP contribution in [0.1, 0.15) is 31.7 Å². The highest BCUT2D eigenvalue weighted by Gasteiger charge is 2.19. The first kappa shape index (κ1) is 13.9. The summed E-state index contributed by atoms with van der Waals surface area (Å²) < 4.78 is 1.18. The van der Waals surface area contributed by atoms with E-state index in [-0.39, 0.29) is 0 Å². The molecular formula is C15H23BrN2. The molecule has 1 aliphatic rings. The summed E-state index contributed by atoms with van der Waals surface area (Å²) in [7, 11) is 0. The molecule has 0 atom stereocenters. The van der Waals surface area contributed by atoms with Crippen LogP contribution in [-0.2, 0) is 0 Å². The van der Waals surface area contributed by atoms with Crippen molar-refractivity contribution in [3.05, 3.63) is 28.2 Å². The van der Waals surface area contributed by atoms with Gasteiger partial charge in [0.2, 0.25) is 0 Å². The minimum Gasteiger partial charge on any atom is -0.371 e. The zero-order valence-electron chi connectivity index (χ0n) is 11.4. The van der Waals surface area contributed by atoms with Crippen molar-refractivity contribution in [1.29, 1.82) is 0 Å². The Morgan fingerprint density at radius 2 is 2.06 bits per heavy atom. The van der Waals surface area contributed by atoms with Crippen molar-refractivity contribution in [2.45, 2.75) is 39.2 Å². The molecule has 0 aromatic heterocycles. The van der Waals surface area contributed by atoms with Gasteiger partial charge in [0.05, 0.1) is 0 Å². The van der Waals surface area contributed by atoms with Crippen LogP contribution < -0.4 is 10.2 Å². The molecule has 2 nitrogen and oxygen atoms in total. The predicted octanol–water partition coefficient (Wildman–Crippen LogP) is 3.73. The molecule has 0 aliphatic carbocycles. The van der Waals surface area contributed by atoms with E-state index < -0.39 is 0 Å². The molecule has 0 radical (unpaired) electrons. The van der Waals surface area contributed by atoms with E-state index >= 15 is 0 Å². The third-order valence-electron chi connectivity index (χ3n) is 3.69. The molecule has 2 rings (SSSR count). The van der Waals surface area contributed by atoms with Crippen molar-refractivity contribution in [2.75, 3.05) is 24.5 Å². The molecule has 3 heteroatoms. The molecule has 18 heavy (non-hydrogen) atoms. The van der Waals surface area contributed by atoms with Crippen LogP contribution in [0.5, 0.6) is 0 Å². The number of benzene rings is 1. The van der Waals surface area contributed by atoms with Crippen LogP contribution in [0.4, 0.5) is 5.69 Å². The highest BCUT2D eigenvalue weighted by Crippen LogP contribution is 2.27. The van der Waals surface area contributed by atoms with Gasteiger partial charge in [-0.25, -0.2) is 0 Å². The van der Waals surface area contributed by atoms with Gasteiger partial charge in [0.1, 0.15) is 0 Å². The van der Waals surface area contributed by atoms with Gasteiger partial charge in [-0.15, -0.1) is 0 Å². The lowest BCUT2D eigenvalue weighted by molar-refractivity contribution is 0.415. The lowest BCUT2D eigenvalue weighted by Gasteiger charge is -2.35. The molecule has 0 amide bonds. The minimum atomic E-state index is 0.716. The number of hydrogen-bond acceptors (Lipinski definition) is 2. The summed E-state index contributed by atoms with van der Waals surface area (Å²) in [5, 5.41) is 3.63. The summed E-state index contributed by atoms with van der Waals surface area (Å²) in [6.45, 7) is 7.91. The van der Waals surface area contributed by atoms with Crippen LogP contribution in [0.15, 0.2) is 22.7 Å². The lowest BCUT2D eigenvalue weighted by atomic mass is 10.0. The van der Waals surface area contributed by atoms with Crippen molar-refractivity contribution >= 4 is 21.6 Å². The summed E-state index contributed by atoms with van der Waals surface area (Å²) in [5.41, 5.74) is 2.76. The van der Waals surface area contributed by atoms with Gasteiger partial charge in [-0.2, -0.15) is 0 Å². The molecule has 0 saturated carbocycles. The number of halogens is 1. The van der Waals surface area contributed by atoms with E-state index in [9.17, 15) is 0 Å². The van der Waals surface area contributed by atoms with E-state index in [1.54, 1.807) is 0 Å². The van der Waals surface area contributed by atoms with Crippen molar-refractivity contribution < 1.29 is 0 Å². The molecule has 0 spiro atoms. The smallest absolute Gasteiger partial charge is 0.0407 e. The number of piperidine rings is 1. The van der Waals surface area contributed by atoms with Gasteiger partial charge >= 0.3 is 0 Å². The highest BCUT2D eigenvalue weighted by molar-refractivity contribution is 9.10. The summed E-state index contributed by atoms with van der Waals surface area (Å²) in [6.07, 6.45) is 3.74. The standard InChI is InChI=1S/C15H23BrN2/c1-3-8-17-14-6-9-18(10-7-14)15-11-13(16)5-4-12(15)2/h4-5,11,14,17H,3,6-10H2,1-2H3. The fourth-order valence-corrected chi connectivity index (χ4v) is 2.95. The summed E-state index contributed by atoms with van der Waals surface area (Å²) >= 11 is 3.57. The molecule has 1 fully saturated rings. The Bertz CT molecular complexity index is 384. The van der Waals surface area contributed by atoms with E-state index in [2.05, 4.69) is 58.2 Å². The van der Waals surface area contributed by atoms with Crippen LogP contribution in [0.2, 0.25) is 0 Å². The third-order valence-corrected chi connectivity index (χ3v) is 4.18. The number of hydrogen-bond donors (Lipinski definition) is 1. The fraction of sp³-hybridized carbons (Fsp3) is 0.600. The van der Waals surface area contributed by atoms with Crippen molar-refractivity contribution in [1.82, 2.24) is 5.32 Å². The largest absolute Gasteiger partial charge is 0.371 e. The first-order valence-corrected chi connectivity index (χ1v) is 7.74. The van der Waals surface area contributed by atoms with E-state index in [1.807, 2.05) is 0 Å². The predicted molar refractivity (Wildman–Crippen MR) is 82.4 cm³/mol. The second-order valence-electron chi connectivity index (χ2n) is 5.15. The summed E-state index contributed by atoms with van der Waals surface area (Å²) in [6, 6.07) is 7.28. The summed E-state index contributed by atoms with van der Waals surface area (Å²) in [4.78, 5) is 2.52. The van der Waals surface area contributed by atoms with Gasteiger partial charge in [-0.3, -0.25) is 0 Å². The van der Waals surface area contributed by atoms with E-state index in [0.717, 1.165) is 6.54 Å². The number of nitrogens with zero attached hydrogens (tertiary/aromatic N) is 1. The Hall–Kier alpha value is -0.540. The summed E-state index contributed by atoms with van der Waals surface area (Å²) in [5.74, 6) is 0. The van der Waals surface area contributed by atoms with Gasteiger partial charge in [-0.05, 0) is 50.4 Å². The van der Waals surface area contributed by atoms with Crippen LogP contribution in [0.25, 0.3) is 0 Å². The molecule has 1 saturated heterocycles. The monoisotopic (exact) mass is 310 g/mol. The quantitative estimate of drug-likeness (QED) is 0.911. The maximum Gasteiger partial charge on any atom is 0.0407 e. The molecule has 1 aliphatic heterocycles. The SMILES string of the molecule is CCCNC1CCN(c2cc(Br)ccc2C)CC1. The van der Waals surface area contributed by atoms with Gasteiger partial charge in [0.25, 0.3) is 0 Å². The Morgan fingerprint density at radius 3 is 2.72 bits per heavy atom. The molecule has 0 unspecified atom stereocenters. The van der Waals surface area contributed by atoms with E-state index in [4.69, 9.17) is 0 Å². The van der Waals surface area contributed by atoms with Crippen LogP contribution in [-0.4, -0.2) is 25.7 Å². The minimum absolute atomic E-state index is 0.716. The highest BCUT2D eigenvalue weighted by atomic mass is 79.9. The molecule has 1 N–H and O–H groups in total. The topological polar surface area (TPSA) is 15.3 Å². The fourth-order valence-electron chi connectivity index (χ4n) is 2.60. The maximum absolute atomic E-state index is 3.63. The normalized spacial score (nSPS) is 17.2. The Balaban J connectivity index is 1.94. The van der Waals surface area contributed by atoms with Crippen molar-refractivity contribution in [3.63, 3.8) is 0 Å². The molecule has 1 aromatic carbocycles. The molecular weight excluding hydrogens is 288 g/mol. The number of anilines is 1. The lowest BCUT2D eigenvalue weighted by Crippen LogP contribution is -2.43. The average Bonchev–Trinajstić information content (AvgIpc) is 2.40.